The first kappa shape index (κ1) is 23.7. The summed E-state index contributed by atoms with van der Waals surface area (Å²) in [6.07, 6.45) is 3.95. The van der Waals surface area contributed by atoms with Crippen LogP contribution >= 0.6 is 0 Å². The average molecular weight is 474 g/mol. The molecule has 0 aliphatic heterocycles. The largest absolute Gasteiger partial charge is 0.460 e. The molecule has 0 amide bonds. The van der Waals surface area contributed by atoms with Gasteiger partial charge in [0.05, 0.1) is 0 Å². The summed E-state index contributed by atoms with van der Waals surface area (Å²) in [6.45, 7) is 2.07. The third-order valence-electron chi connectivity index (χ3n) is 7.36. The third-order valence-corrected chi connectivity index (χ3v) is 7.36. The molecular weight excluding hydrogens is 453 g/mol. The maximum atomic E-state index is 13.6. The smallest absolute Gasteiger partial charge is 0.422 e. The number of allylic oxidation sites excluding steroid dienone is 2. The first-order valence-electron chi connectivity index (χ1n) is 10.6. The number of alkyl halides is 7. The minimum Gasteiger partial charge on any atom is -0.422 e. The van der Waals surface area contributed by atoms with Crippen LogP contribution in [-0.2, 0) is 11.2 Å². The number of hydrogen-bond donors (Lipinski definition) is 0. The summed E-state index contributed by atoms with van der Waals surface area (Å²) in [6, 6.07) is 4.01. The lowest BCUT2D eigenvalue weighted by Crippen LogP contribution is -2.57. The Kier molecular flexibility index (Phi) is 5.38. The SMILES string of the molecule is C#C[C@]1(C)CCC2=C1CC[C@@H]1c3ccc(OC(=O)C(F)(F)C(F)(F)C(F)(F)F)cc3CC[C@@H]21. The molecule has 1 aromatic carbocycles. The molecule has 0 spiro atoms. The highest BCUT2D eigenvalue weighted by molar-refractivity contribution is 5.81. The van der Waals surface area contributed by atoms with Gasteiger partial charge in [-0.05, 0) is 80.5 Å². The molecule has 0 fully saturated rings. The van der Waals surface area contributed by atoms with Crippen LogP contribution in [0.15, 0.2) is 29.3 Å². The van der Waals surface area contributed by atoms with Crippen molar-refractivity contribution in [1.29, 1.82) is 0 Å². The molecule has 0 aromatic heterocycles. The van der Waals surface area contributed by atoms with Crippen molar-refractivity contribution in [2.45, 2.75) is 69.4 Å². The third kappa shape index (κ3) is 3.53. The molecule has 9 heteroatoms. The van der Waals surface area contributed by atoms with E-state index in [0.29, 0.717) is 17.9 Å². The Morgan fingerprint density at radius 3 is 2.36 bits per heavy atom. The molecule has 3 aliphatic carbocycles. The Balaban J connectivity index is 1.56. The lowest BCUT2D eigenvalue weighted by atomic mass is 9.64. The van der Waals surface area contributed by atoms with Gasteiger partial charge in [-0.15, -0.1) is 6.42 Å². The molecule has 2 nitrogen and oxygen atoms in total. The number of fused-ring (bicyclic) bond motifs is 4. The van der Waals surface area contributed by atoms with E-state index < -0.39 is 29.7 Å². The van der Waals surface area contributed by atoms with Crippen molar-refractivity contribution in [3.8, 4) is 18.1 Å². The van der Waals surface area contributed by atoms with Crippen LogP contribution in [0.3, 0.4) is 0 Å². The lowest BCUT2D eigenvalue weighted by Gasteiger charge is -2.40. The second kappa shape index (κ2) is 7.51. The van der Waals surface area contributed by atoms with E-state index >= 15 is 0 Å². The van der Waals surface area contributed by atoms with E-state index in [1.807, 2.05) is 0 Å². The van der Waals surface area contributed by atoms with Gasteiger partial charge in [0.2, 0.25) is 0 Å². The van der Waals surface area contributed by atoms with Gasteiger partial charge < -0.3 is 4.74 Å². The molecule has 0 heterocycles. The number of carbonyl (C=O) groups is 1. The van der Waals surface area contributed by atoms with Crippen molar-refractivity contribution >= 4 is 5.97 Å². The second-order valence-electron chi connectivity index (χ2n) is 9.17. The molecule has 0 bridgehead atoms. The van der Waals surface area contributed by atoms with Crippen molar-refractivity contribution in [3.63, 3.8) is 0 Å². The van der Waals surface area contributed by atoms with Crippen LogP contribution in [0.5, 0.6) is 5.75 Å². The Bertz CT molecular complexity index is 1060. The van der Waals surface area contributed by atoms with E-state index in [9.17, 15) is 35.5 Å². The number of ether oxygens (including phenoxy) is 1. The Labute approximate surface area is 186 Å². The van der Waals surface area contributed by atoms with Gasteiger partial charge in [0, 0.05) is 5.41 Å². The van der Waals surface area contributed by atoms with Crippen molar-refractivity contribution < 1.29 is 40.3 Å². The highest BCUT2D eigenvalue weighted by Gasteiger charge is 2.77. The number of rotatable bonds is 3. The van der Waals surface area contributed by atoms with Gasteiger partial charge in [-0.1, -0.05) is 23.1 Å². The zero-order chi connectivity index (χ0) is 24.4. The predicted molar refractivity (Wildman–Crippen MR) is 105 cm³/mol. The molecule has 0 N–H and O–H groups in total. The molecule has 3 atom stereocenters. The van der Waals surface area contributed by atoms with Crippen molar-refractivity contribution in [2.75, 3.05) is 0 Å². The van der Waals surface area contributed by atoms with Gasteiger partial charge in [-0.3, -0.25) is 0 Å². The summed E-state index contributed by atoms with van der Waals surface area (Å²) < 4.78 is 94.7. The van der Waals surface area contributed by atoms with Crippen molar-refractivity contribution in [1.82, 2.24) is 0 Å². The monoisotopic (exact) mass is 474 g/mol. The number of terminal acetylenes is 1. The van der Waals surface area contributed by atoms with Crippen LogP contribution in [0.2, 0.25) is 0 Å². The van der Waals surface area contributed by atoms with E-state index in [-0.39, 0.29) is 11.3 Å². The summed E-state index contributed by atoms with van der Waals surface area (Å²) >= 11 is 0. The zero-order valence-corrected chi connectivity index (χ0v) is 17.7. The number of esters is 1. The Morgan fingerprint density at radius 2 is 1.73 bits per heavy atom. The summed E-state index contributed by atoms with van der Waals surface area (Å²) in [7, 11) is 0. The number of benzene rings is 1. The van der Waals surface area contributed by atoms with Crippen LogP contribution in [-0.4, -0.2) is 24.0 Å². The minimum absolute atomic E-state index is 0.161. The molecule has 0 saturated carbocycles. The van der Waals surface area contributed by atoms with Gasteiger partial charge in [0.25, 0.3) is 0 Å². The molecule has 0 radical (unpaired) electrons. The van der Waals surface area contributed by atoms with Gasteiger partial charge in [-0.2, -0.15) is 30.7 Å². The summed E-state index contributed by atoms with van der Waals surface area (Å²) in [5.74, 6) is -12.7. The lowest BCUT2D eigenvalue weighted by molar-refractivity contribution is -0.346. The van der Waals surface area contributed by atoms with Crippen LogP contribution in [0.25, 0.3) is 0 Å². The molecule has 0 unspecified atom stereocenters. The van der Waals surface area contributed by atoms with E-state index in [1.165, 1.54) is 17.2 Å². The van der Waals surface area contributed by atoms with Crippen molar-refractivity contribution in [2.24, 2.45) is 11.3 Å². The normalized spacial score (nSPS) is 27.4. The Morgan fingerprint density at radius 1 is 1.06 bits per heavy atom. The van der Waals surface area contributed by atoms with Crippen LogP contribution in [0, 0.1) is 23.7 Å². The van der Waals surface area contributed by atoms with Crippen molar-refractivity contribution in [3.05, 3.63) is 40.5 Å². The summed E-state index contributed by atoms with van der Waals surface area (Å²) in [4.78, 5) is 11.6. The number of hydrogen-bond acceptors (Lipinski definition) is 2. The zero-order valence-electron chi connectivity index (χ0n) is 17.7. The summed E-state index contributed by atoms with van der Waals surface area (Å²) in [5.41, 5.74) is 4.12. The van der Waals surface area contributed by atoms with Gasteiger partial charge in [-0.25, -0.2) is 4.79 Å². The number of halogens is 7. The molecule has 33 heavy (non-hydrogen) atoms. The second-order valence-corrected chi connectivity index (χ2v) is 9.17. The average Bonchev–Trinajstić information content (AvgIpc) is 3.10. The molecule has 0 saturated heterocycles. The minimum atomic E-state index is -6.61. The predicted octanol–water partition coefficient (Wildman–Crippen LogP) is 6.59. The fourth-order valence-electron chi connectivity index (χ4n) is 5.55. The molecule has 3 aliphatic rings. The van der Waals surface area contributed by atoms with Gasteiger partial charge >= 0.3 is 24.0 Å². The molecule has 1 aromatic rings. The first-order chi connectivity index (χ1) is 15.2. The highest BCUT2D eigenvalue weighted by atomic mass is 19.4. The maximum absolute atomic E-state index is 13.6. The Hall–Kier alpha value is -2.50. The quantitative estimate of drug-likeness (QED) is 0.162. The van der Waals surface area contributed by atoms with E-state index in [1.54, 1.807) is 6.07 Å². The van der Waals surface area contributed by atoms with E-state index in [2.05, 4.69) is 17.6 Å². The first-order valence-corrected chi connectivity index (χ1v) is 10.6. The maximum Gasteiger partial charge on any atom is 0.460 e. The summed E-state index contributed by atoms with van der Waals surface area (Å²) in [5, 5.41) is 0. The van der Waals surface area contributed by atoms with Gasteiger partial charge in [0.15, 0.2) is 0 Å². The molecule has 4 rings (SSSR count). The fourth-order valence-corrected chi connectivity index (χ4v) is 5.55. The van der Waals surface area contributed by atoms with Crippen LogP contribution in [0.1, 0.15) is 56.1 Å². The van der Waals surface area contributed by atoms with Crippen LogP contribution in [0.4, 0.5) is 30.7 Å². The molecule has 178 valence electrons. The van der Waals surface area contributed by atoms with E-state index in [0.717, 1.165) is 43.7 Å². The topological polar surface area (TPSA) is 26.3 Å². The highest BCUT2D eigenvalue weighted by Crippen LogP contribution is 2.57. The standard InChI is InChI=1S/C24H21F7O2/c1-3-21(2)11-10-18-17-6-4-13-12-14(5-7-15(13)16(17)8-9-19(18)21)33-20(32)22(25,26)23(27,28)24(29,30)31/h1,5,7,12,16-17H,4,6,8-11H2,2H3/t16-,17-,21-/m1/s1. The number of aryl methyl sites for hydroxylation is 1. The fraction of sp³-hybridized carbons (Fsp3) is 0.542. The van der Waals surface area contributed by atoms with E-state index in [4.69, 9.17) is 6.42 Å². The van der Waals surface area contributed by atoms with Gasteiger partial charge in [0.1, 0.15) is 5.75 Å². The molecular formula is C24H21F7O2. The number of carbonyl (C=O) groups excluding carboxylic acids is 1. The van der Waals surface area contributed by atoms with Crippen LogP contribution < -0.4 is 4.74 Å².